The maximum Gasteiger partial charge on any atom is 0.408 e. The van der Waals surface area contributed by atoms with Crippen molar-refractivity contribution < 1.29 is 48.7 Å². The molecule has 11 heteroatoms. The molecule has 1 unspecified atom stereocenters. The fourth-order valence-electron chi connectivity index (χ4n) is 13.9. The molecule has 1 saturated heterocycles. The first kappa shape index (κ1) is 42.7. The third-order valence-electron chi connectivity index (χ3n) is 16.0. The molecule has 1 heterocycles. The minimum Gasteiger partial charge on any atom is -0.460 e. The van der Waals surface area contributed by atoms with Gasteiger partial charge in [0.2, 0.25) is 0 Å². The summed E-state index contributed by atoms with van der Waals surface area (Å²) in [7, 11) is 0. The van der Waals surface area contributed by atoms with E-state index in [1.165, 1.54) is 0 Å². The number of esters is 2. The van der Waals surface area contributed by atoms with E-state index in [4.69, 9.17) is 18.9 Å². The van der Waals surface area contributed by atoms with Crippen LogP contribution in [0.2, 0.25) is 0 Å². The van der Waals surface area contributed by atoms with Gasteiger partial charge in [-0.05, 0) is 160 Å². The number of alkyl carbamates (subject to hydrolysis) is 1. The van der Waals surface area contributed by atoms with Crippen LogP contribution in [0.15, 0.2) is 0 Å². The second kappa shape index (κ2) is 13.3. The summed E-state index contributed by atoms with van der Waals surface area (Å²) in [5.41, 5.74) is -4.04. The van der Waals surface area contributed by atoms with Gasteiger partial charge in [-0.2, -0.15) is 0 Å². The Morgan fingerprint density at radius 1 is 0.800 bits per heavy atom. The molecule has 0 aromatic carbocycles. The molecule has 55 heavy (non-hydrogen) atoms. The van der Waals surface area contributed by atoms with Gasteiger partial charge in [0.15, 0.2) is 0 Å². The van der Waals surface area contributed by atoms with Gasteiger partial charge in [0, 0.05) is 17.8 Å². The lowest BCUT2D eigenvalue weighted by Gasteiger charge is -2.64. The highest BCUT2D eigenvalue weighted by molar-refractivity contribution is 5.82. The Morgan fingerprint density at radius 2 is 1.44 bits per heavy atom. The molecule has 2 spiro atoms. The molecule has 11 nitrogen and oxygen atoms in total. The Balaban J connectivity index is 1.20. The zero-order chi connectivity index (χ0) is 41.2. The van der Waals surface area contributed by atoms with E-state index < -0.39 is 70.2 Å². The van der Waals surface area contributed by atoms with Crippen molar-refractivity contribution in [3.63, 3.8) is 0 Å². The van der Waals surface area contributed by atoms with Crippen molar-refractivity contribution in [2.45, 2.75) is 213 Å². The van der Waals surface area contributed by atoms with Gasteiger partial charge in [-0.15, -0.1) is 0 Å². The number of amides is 1. The second-order valence-electron chi connectivity index (χ2n) is 22.6. The first-order chi connectivity index (χ1) is 24.9. The van der Waals surface area contributed by atoms with Crippen LogP contribution in [0.5, 0.6) is 0 Å². The van der Waals surface area contributed by atoms with E-state index in [0.29, 0.717) is 19.3 Å². The maximum absolute atomic E-state index is 14.0. The van der Waals surface area contributed by atoms with Crippen molar-refractivity contribution in [1.29, 1.82) is 0 Å². The molecule has 0 aromatic rings. The number of hydrogen-bond donors (Lipinski definition) is 4. The molecule has 0 bridgehead atoms. The molecular weight excluding hydrogens is 702 g/mol. The van der Waals surface area contributed by atoms with E-state index >= 15 is 0 Å². The van der Waals surface area contributed by atoms with E-state index in [0.717, 1.165) is 38.5 Å². The molecule has 6 rings (SSSR count). The zero-order valence-corrected chi connectivity index (χ0v) is 36.1. The van der Waals surface area contributed by atoms with Gasteiger partial charge in [0.05, 0.1) is 29.5 Å². The average Bonchev–Trinajstić information content (AvgIpc) is 3.35. The summed E-state index contributed by atoms with van der Waals surface area (Å²) in [4.78, 5) is 39.5. The van der Waals surface area contributed by atoms with Crippen LogP contribution in [-0.2, 0) is 28.5 Å². The Bertz CT molecular complexity index is 1520. The van der Waals surface area contributed by atoms with Gasteiger partial charge in [0.1, 0.15) is 23.3 Å². The molecular formula is C44H73NO10. The fourth-order valence-corrected chi connectivity index (χ4v) is 13.9. The van der Waals surface area contributed by atoms with Crippen LogP contribution in [0, 0.1) is 44.8 Å². The number of ether oxygens (including phenoxy) is 4. The maximum atomic E-state index is 14.0. The summed E-state index contributed by atoms with van der Waals surface area (Å²) in [6.45, 7) is 25.3. The van der Waals surface area contributed by atoms with Gasteiger partial charge in [-0.3, -0.25) is 4.79 Å². The van der Waals surface area contributed by atoms with Crippen LogP contribution >= 0.6 is 0 Å². The standard InChI is InChI=1S/C44H73NO10/c1-36(2,3)54-31(48)15-14-25(45-35(50)55-37(4,5)6)34(49)52-29-17-19-44-24-43(44)21-20-40(11)33(42(13)18-16-30(53-42)39(9,10)51)27(47)23-41(40,12)28(43)22-26(46)32(44)38(29,7)8/h25-30,32-33,46-47,51H,14-24H2,1-13H3,(H,45,50)/t25-,26-,27-,28?,29-,30-,32-,33-,40+,41-,42+,43-,44+/m0/s1. The van der Waals surface area contributed by atoms with Crippen LogP contribution in [-0.4, -0.2) is 86.2 Å². The highest BCUT2D eigenvalue weighted by Crippen LogP contribution is 2.89. The minimum atomic E-state index is -1.12. The summed E-state index contributed by atoms with van der Waals surface area (Å²) >= 11 is 0. The summed E-state index contributed by atoms with van der Waals surface area (Å²) in [5.74, 6) is -1.05. The lowest BCUT2D eigenvalue weighted by Crippen LogP contribution is -2.62. The molecule has 0 radical (unpaired) electrons. The van der Waals surface area contributed by atoms with E-state index in [9.17, 15) is 29.7 Å². The zero-order valence-electron chi connectivity index (χ0n) is 36.1. The van der Waals surface area contributed by atoms with Crippen LogP contribution < -0.4 is 5.32 Å². The predicted molar refractivity (Wildman–Crippen MR) is 207 cm³/mol. The van der Waals surface area contributed by atoms with Crippen LogP contribution in [0.25, 0.3) is 0 Å². The SMILES string of the molecule is CC(C)(C)OC(=O)CC[C@H](NC(=O)OC(C)(C)C)C(=O)O[C@H]1CC[C@]23C[C@]24CC[C@]2(C)[C@@H]([C@@]5(C)CC[C@@H](C(C)(C)O)O5)[C@@H](O)C[C@@]2(C)C4C[C@H](O)[C@H]3C1(C)C. The molecule has 5 aliphatic carbocycles. The van der Waals surface area contributed by atoms with Crippen LogP contribution in [0.4, 0.5) is 4.79 Å². The Labute approximate surface area is 329 Å². The van der Waals surface area contributed by atoms with Crippen LogP contribution in [0.1, 0.15) is 161 Å². The molecule has 4 N–H and O–H groups in total. The van der Waals surface area contributed by atoms with E-state index in [-0.39, 0.29) is 58.4 Å². The lowest BCUT2D eigenvalue weighted by molar-refractivity contribution is -0.218. The topological polar surface area (TPSA) is 161 Å². The molecule has 6 fully saturated rings. The highest BCUT2D eigenvalue weighted by Gasteiger charge is 2.85. The normalized spacial score (nSPS) is 43.9. The van der Waals surface area contributed by atoms with Crippen molar-refractivity contribution >= 4 is 18.0 Å². The minimum absolute atomic E-state index is 0.00633. The fraction of sp³-hybridized carbons (Fsp3) is 0.932. The summed E-state index contributed by atoms with van der Waals surface area (Å²) in [5, 5.41) is 37.9. The first-order valence-electron chi connectivity index (χ1n) is 21.1. The number of aliphatic hydroxyl groups excluding tert-OH is 2. The number of nitrogens with one attached hydrogen (secondary N) is 1. The lowest BCUT2D eigenvalue weighted by atomic mass is 9.41. The third kappa shape index (κ3) is 7.04. The number of hydrogen-bond acceptors (Lipinski definition) is 10. The monoisotopic (exact) mass is 776 g/mol. The van der Waals surface area contributed by atoms with Crippen molar-refractivity contribution in [1.82, 2.24) is 5.32 Å². The van der Waals surface area contributed by atoms with Gasteiger partial charge >= 0.3 is 18.0 Å². The summed E-state index contributed by atoms with van der Waals surface area (Å²) in [6.07, 6.45) is 4.51. The van der Waals surface area contributed by atoms with E-state index in [1.54, 1.807) is 55.4 Å². The first-order valence-corrected chi connectivity index (χ1v) is 21.1. The van der Waals surface area contributed by atoms with Crippen molar-refractivity contribution in [3.8, 4) is 0 Å². The smallest absolute Gasteiger partial charge is 0.408 e. The van der Waals surface area contributed by atoms with Gasteiger partial charge in [-0.25, -0.2) is 9.59 Å². The van der Waals surface area contributed by atoms with Gasteiger partial charge < -0.3 is 39.6 Å². The highest BCUT2D eigenvalue weighted by atomic mass is 16.6. The molecule has 1 amide bonds. The number of rotatable bonds is 8. The number of carbonyl (C=O) groups excluding carboxylic acids is 3. The quantitative estimate of drug-likeness (QED) is 0.149. The number of aliphatic hydroxyl groups is 3. The van der Waals surface area contributed by atoms with Crippen molar-refractivity contribution in [2.24, 2.45) is 44.8 Å². The van der Waals surface area contributed by atoms with Crippen molar-refractivity contribution in [2.75, 3.05) is 0 Å². The number of carbonyl (C=O) groups is 3. The van der Waals surface area contributed by atoms with Crippen molar-refractivity contribution in [3.05, 3.63) is 0 Å². The average molecular weight is 776 g/mol. The van der Waals surface area contributed by atoms with E-state index in [2.05, 4.69) is 39.9 Å². The van der Waals surface area contributed by atoms with Crippen LogP contribution in [0.3, 0.4) is 0 Å². The van der Waals surface area contributed by atoms with Gasteiger partial charge in [0.25, 0.3) is 0 Å². The third-order valence-corrected chi connectivity index (χ3v) is 16.0. The molecule has 1 aliphatic heterocycles. The molecule has 0 aromatic heterocycles. The largest absolute Gasteiger partial charge is 0.460 e. The second-order valence-corrected chi connectivity index (χ2v) is 22.6. The summed E-state index contributed by atoms with van der Waals surface area (Å²) in [6, 6.07) is -1.12. The summed E-state index contributed by atoms with van der Waals surface area (Å²) < 4.78 is 24.0. The van der Waals surface area contributed by atoms with Gasteiger partial charge in [-0.1, -0.05) is 27.7 Å². The Morgan fingerprint density at radius 3 is 2.02 bits per heavy atom. The molecule has 13 atom stereocenters. The molecule has 6 aliphatic rings. The Hall–Kier alpha value is -1.95. The predicted octanol–water partition coefficient (Wildman–Crippen LogP) is 7.00. The molecule has 5 saturated carbocycles. The number of fused-ring (bicyclic) bond motifs is 2. The Kier molecular flexibility index (Phi) is 10.3. The van der Waals surface area contributed by atoms with E-state index in [1.807, 2.05) is 0 Å². The molecule has 314 valence electrons.